The van der Waals surface area contributed by atoms with Gasteiger partial charge in [-0.2, -0.15) is 0 Å². The predicted octanol–water partition coefficient (Wildman–Crippen LogP) is -0.0119. The van der Waals surface area contributed by atoms with E-state index in [-0.39, 0.29) is 11.5 Å². The average Bonchev–Trinajstić information content (AvgIpc) is 2.03. The molecule has 4 nitrogen and oxygen atoms in total. The van der Waals surface area contributed by atoms with Crippen molar-refractivity contribution in [2.45, 2.75) is 12.2 Å². The van der Waals surface area contributed by atoms with Crippen LogP contribution >= 0.6 is 10.7 Å². The molecule has 0 aromatic carbocycles. The lowest BCUT2D eigenvalue weighted by molar-refractivity contribution is 0.573. The summed E-state index contributed by atoms with van der Waals surface area (Å²) >= 11 is 0. The lowest BCUT2D eigenvalue weighted by Gasteiger charge is -2.07. The Hall–Kier alpha value is 0.190. The molecular formula is C5H9ClO4S2. The molecule has 0 radical (unpaired) electrons. The minimum atomic E-state index is -3.73. The van der Waals surface area contributed by atoms with Crippen molar-refractivity contribution in [2.24, 2.45) is 5.92 Å². The van der Waals surface area contributed by atoms with Crippen molar-refractivity contribution in [1.82, 2.24) is 0 Å². The fraction of sp³-hybridized carbons (Fsp3) is 1.00. The van der Waals surface area contributed by atoms with Gasteiger partial charge in [0.05, 0.1) is 16.8 Å². The first-order chi connectivity index (χ1) is 5.22. The lowest BCUT2D eigenvalue weighted by atomic mass is 10.2. The van der Waals surface area contributed by atoms with Crippen LogP contribution in [0, 0.1) is 5.92 Å². The topological polar surface area (TPSA) is 68.3 Å². The zero-order valence-electron chi connectivity index (χ0n) is 6.40. The van der Waals surface area contributed by atoms with E-state index < -0.39 is 30.1 Å². The highest BCUT2D eigenvalue weighted by Crippen LogP contribution is 2.26. The van der Waals surface area contributed by atoms with E-state index in [0.717, 1.165) is 0 Å². The normalized spacial score (nSPS) is 35.2. The molecular weight excluding hydrogens is 224 g/mol. The molecule has 1 heterocycles. The van der Waals surface area contributed by atoms with E-state index in [0.29, 0.717) is 0 Å². The van der Waals surface area contributed by atoms with Crippen molar-refractivity contribution in [2.75, 3.05) is 11.5 Å². The van der Waals surface area contributed by atoms with Gasteiger partial charge in [0.1, 0.15) is 0 Å². The van der Waals surface area contributed by atoms with Gasteiger partial charge in [-0.3, -0.25) is 0 Å². The second-order valence-corrected chi connectivity index (χ2v) is 8.07. The number of hydrogen-bond acceptors (Lipinski definition) is 4. The monoisotopic (exact) mass is 232 g/mol. The molecule has 0 amide bonds. The summed E-state index contributed by atoms with van der Waals surface area (Å²) < 4.78 is 43.6. The lowest BCUT2D eigenvalue weighted by Crippen LogP contribution is -2.23. The highest BCUT2D eigenvalue weighted by atomic mass is 35.7. The largest absolute Gasteiger partial charge is 0.236 e. The summed E-state index contributed by atoms with van der Waals surface area (Å²) in [5, 5.41) is -0.927. The first-order valence-electron chi connectivity index (χ1n) is 3.36. The van der Waals surface area contributed by atoms with Crippen molar-refractivity contribution in [1.29, 1.82) is 0 Å². The predicted molar refractivity (Wildman–Crippen MR) is 46.4 cm³/mol. The zero-order chi connectivity index (χ0) is 9.57. The van der Waals surface area contributed by atoms with Crippen molar-refractivity contribution >= 4 is 29.6 Å². The molecule has 12 heavy (non-hydrogen) atoms. The summed E-state index contributed by atoms with van der Waals surface area (Å²) in [6.45, 7) is 1.58. The standard InChI is InChI=1S/C5H9ClO4S2/c1-4-2-11(7,8)3-5(4)12(6,9)10/h4-5H,2-3H2,1H3/t4-,5+/m0/s1. The summed E-state index contributed by atoms with van der Waals surface area (Å²) in [5.74, 6) is -0.804. The molecule has 0 aliphatic carbocycles. The van der Waals surface area contributed by atoms with Gasteiger partial charge in [0, 0.05) is 10.7 Å². The second kappa shape index (κ2) is 2.85. The number of halogens is 1. The van der Waals surface area contributed by atoms with Crippen LogP contribution in [-0.2, 0) is 18.9 Å². The van der Waals surface area contributed by atoms with Crippen LogP contribution in [0.1, 0.15) is 6.92 Å². The summed E-state index contributed by atoms with van der Waals surface area (Å²) in [6, 6.07) is 0. The fourth-order valence-electron chi connectivity index (χ4n) is 1.35. The molecule has 0 saturated carbocycles. The molecule has 72 valence electrons. The molecule has 0 N–H and O–H groups in total. The Morgan fingerprint density at radius 2 is 1.83 bits per heavy atom. The van der Waals surface area contributed by atoms with Crippen LogP contribution in [0.5, 0.6) is 0 Å². The van der Waals surface area contributed by atoms with Gasteiger partial charge in [-0.05, 0) is 5.92 Å². The van der Waals surface area contributed by atoms with Gasteiger partial charge in [0.2, 0.25) is 9.05 Å². The molecule has 1 fully saturated rings. The molecule has 1 aliphatic rings. The van der Waals surface area contributed by atoms with Gasteiger partial charge in [-0.25, -0.2) is 16.8 Å². The quantitative estimate of drug-likeness (QED) is 0.597. The van der Waals surface area contributed by atoms with Crippen LogP contribution in [0.4, 0.5) is 0 Å². The van der Waals surface area contributed by atoms with Crippen LogP contribution in [0.3, 0.4) is 0 Å². The first kappa shape index (κ1) is 10.3. The van der Waals surface area contributed by atoms with Crippen molar-refractivity contribution in [3.05, 3.63) is 0 Å². The maximum absolute atomic E-state index is 11.0. The maximum atomic E-state index is 11.0. The molecule has 0 bridgehead atoms. The minimum Gasteiger partial charge on any atom is -0.229 e. The Labute approximate surface area is 76.3 Å². The molecule has 2 atom stereocenters. The highest BCUT2D eigenvalue weighted by Gasteiger charge is 2.41. The first-order valence-corrected chi connectivity index (χ1v) is 7.56. The summed E-state index contributed by atoms with van der Waals surface area (Å²) in [5.41, 5.74) is 0. The van der Waals surface area contributed by atoms with Crippen LogP contribution in [0.2, 0.25) is 0 Å². The van der Waals surface area contributed by atoms with Crippen molar-refractivity contribution < 1.29 is 16.8 Å². The number of sulfone groups is 1. The molecule has 1 aliphatic heterocycles. The average molecular weight is 233 g/mol. The smallest absolute Gasteiger partial charge is 0.229 e. The Morgan fingerprint density at radius 1 is 1.33 bits per heavy atom. The maximum Gasteiger partial charge on any atom is 0.236 e. The molecule has 0 unspecified atom stereocenters. The zero-order valence-corrected chi connectivity index (χ0v) is 8.79. The Bertz CT molecular complexity index is 368. The third-order valence-corrected chi connectivity index (χ3v) is 6.08. The number of rotatable bonds is 1. The van der Waals surface area contributed by atoms with E-state index in [2.05, 4.69) is 0 Å². The van der Waals surface area contributed by atoms with Crippen LogP contribution in [0.15, 0.2) is 0 Å². The molecule has 1 saturated heterocycles. The van der Waals surface area contributed by atoms with Crippen LogP contribution in [0.25, 0.3) is 0 Å². The summed E-state index contributed by atoms with van der Waals surface area (Å²) in [4.78, 5) is 0. The molecule has 7 heteroatoms. The van der Waals surface area contributed by atoms with Gasteiger partial charge in [-0.1, -0.05) is 6.92 Å². The SMILES string of the molecule is C[C@H]1CS(=O)(=O)C[C@H]1S(=O)(=O)Cl. The van der Waals surface area contributed by atoms with E-state index in [1.54, 1.807) is 6.92 Å². The second-order valence-electron chi connectivity index (χ2n) is 3.07. The van der Waals surface area contributed by atoms with Gasteiger partial charge in [0.25, 0.3) is 0 Å². The third kappa shape index (κ3) is 2.11. The molecule has 0 aromatic heterocycles. The van der Waals surface area contributed by atoms with Gasteiger partial charge in [-0.15, -0.1) is 0 Å². The van der Waals surface area contributed by atoms with E-state index in [9.17, 15) is 16.8 Å². The Balaban J connectivity index is 3.01. The molecule has 0 aromatic rings. The Kier molecular flexibility index (Phi) is 2.44. The van der Waals surface area contributed by atoms with Gasteiger partial charge < -0.3 is 0 Å². The van der Waals surface area contributed by atoms with E-state index in [1.165, 1.54) is 0 Å². The van der Waals surface area contributed by atoms with Gasteiger partial charge in [0.15, 0.2) is 9.84 Å². The summed E-state index contributed by atoms with van der Waals surface area (Å²) in [6.07, 6.45) is 0. The van der Waals surface area contributed by atoms with E-state index in [4.69, 9.17) is 10.7 Å². The van der Waals surface area contributed by atoms with E-state index in [1.807, 2.05) is 0 Å². The van der Waals surface area contributed by atoms with Gasteiger partial charge >= 0.3 is 0 Å². The van der Waals surface area contributed by atoms with Crippen LogP contribution < -0.4 is 0 Å². The minimum absolute atomic E-state index is 0.0797. The number of hydrogen-bond donors (Lipinski definition) is 0. The molecule has 0 spiro atoms. The van der Waals surface area contributed by atoms with Crippen LogP contribution in [-0.4, -0.2) is 33.6 Å². The van der Waals surface area contributed by atoms with Crippen molar-refractivity contribution in [3.63, 3.8) is 0 Å². The Morgan fingerprint density at radius 3 is 2.00 bits per heavy atom. The van der Waals surface area contributed by atoms with Crippen molar-refractivity contribution in [3.8, 4) is 0 Å². The molecule has 1 rings (SSSR count). The summed E-state index contributed by atoms with van der Waals surface area (Å²) in [7, 11) is -1.85. The fourth-order valence-corrected chi connectivity index (χ4v) is 6.38. The highest BCUT2D eigenvalue weighted by molar-refractivity contribution is 8.14. The third-order valence-electron chi connectivity index (χ3n) is 1.93. The van der Waals surface area contributed by atoms with E-state index >= 15 is 0 Å².